The van der Waals surface area contributed by atoms with Crippen molar-refractivity contribution in [3.63, 3.8) is 0 Å². The number of hydrogen-bond acceptors (Lipinski definition) is 6. The van der Waals surface area contributed by atoms with Gasteiger partial charge < -0.3 is 15.4 Å². The molecule has 0 saturated carbocycles. The van der Waals surface area contributed by atoms with Crippen LogP contribution in [-0.4, -0.2) is 50.9 Å². The molecule has 2 heterocycles. The molecular formula is C14H18N6O2. The zero-order valence-electron chi connectivity index (χ0n) is 12.6. The maximum Gasteiger partial charge on any atom is 0.409 e. The van der Waals surface area contributed by atoms with Gasteiger partial charge in [-0.1, -0.05) is 12.1 Å². The monoisotopic (exact) mass is 302 g/mol. The van der Waals surface area contributed by atoms with Gasteiger partial charge in [0.15, 0.2) is 0 Å². The maximum absolute atomic E-state index is 11.5. The molecule has 2 N–H and O–H groups in total. The van der Waals surface area contributed by atoms with Crippen LogP contribution >= 0.6 is 0 Å². The van der Waals surface area contributed by atoms with E-state index < -0.39 is 0 Å². The van der Waals surface area contributed by atoms with Gasteiger partial charge in [-0.15, -0.1) is 10.2 Å². The minimum absolute atomic E-state index is 0.0356. The fourth-order valence-electron chi connectivity index (χ4n) is 2.24. The van der Waals surface area contributed by atoms with Gasteiger partial charge in [-0.2, -0.15) is 4.80 Å². The number of hydrogen-bond donors (Lipinski definition) is 1. The predicted octanol–water partition coefficient (Wildman–Crippen LogP) is 1.24. The standard InChI is InChI=1S/C14H18N6O2/c1-3-22-14(21)19-7-11(8-19)20-17-13(16-18-20)10-5-4-9(2)12(15)6-10/h4-6,11H,3,7-8,15H2,1-2H3. The number of likely N-dealkylation sites (tertiary alicyclic amines) is 1. The molecule has 0 atom stereocenters. The number of carbonyl (C=O) groups is 1. The molecule has 1 aromatic carbocycles. The van der Waals surface area contributed by atoms with Gasteiger partial charge in [-0.05, 0) is 30.7 Å². The summed E-state index contributed by atoms with van der Waals surface area (Å²) in [5.41, 5.74) is 8.44. The number of carbonyl (C=O) groups excluding carboxylic acids is 1. The summed E-state index contributed by atoms with van der Waals surface area (Å²) in [5.74, 6) is 0.529. The summed E-state index contributed by atoms with van der Waals surface area (Å²) in [7, 11) is 0. The van der Waals surface area contributed by atoms with Crippen molar-refractivity contribution in [2.24, 2.45) is 0 Å². The summed E-state index contributed by atoms with van der Waals surface area (Å²) < 4.78 is 4.94. The lowest BCUT2D eigenvalue weighted by molar-refractivity contribution is 0.0523. The first kappa shape index (κ1) is 14.3. The van der Waals surface area contributed by atoms with Gasteiger partial charge in [-0.3, -0.25) is 0 Å². The molecule has 116 valence electrons. The van der Waals surface area contributed by atoms with E-state index in [0.29, 0.717) is 31.2 Å². The number of benzene rings is 1. The smallest absolute Gasteiger partial charge is 0.409 e. The van der Waals surface area contributed by atoms with Crippen molar-refractivity contribution in [1.29, 1.82) is 0 Å². The third kappa shape index (κ3) is 2.59. The van der Waals surface area contributed by atoms with Crippen molar-refractivity contribution in [2.75, 3.05) is 25.4 Å². The summed E-state index contributed by atoms with van der Waals surface area (Å²) in [5, 5.41) is 12.5. The molecule has 0 radical (unpaired) electrons. The molecular weight excluding hydrogens is 284 g/mol. The number of amides is 1. The molecule has 0 aliphatic carbocycles. The largest absolute Gasteiger partial charge is 0.450 e. The third-order valence-corrected chi connectivity index (χ3v) is 3.68. The molecule has 22 heavy (non-hydrogen) atoms. The normalized spacial score (nSPS) is 14.7. The Hall–Kier alpha value is -2.64. The number of nitrogen functional groups attached to an aromatic ring is 1. The van der Waals surface area contributed by atoms with Crippen molar-refractivity contribution >= 4 is 11.8 Å². The minimum atomic E-state index is -0.301. The first-order valence-electron chi connectivity index (χ1n) is 7.16. The summed E-state index contributed by atoms with van der Waals surface area (Å²) in [6.07, 6.45) is -0.301. The zero-order chi connectivity index (χ0) is 15.7. The quantitative estimate of drug-likeness (QED) is 0.856. The number of ether oxygens (including phenoxy) is 1. The van der Waals surface area contributed by atoms with E-state index in [-0.39, 0.29) is 12.1 Å². The molecule has 1 aliphatic heterocycles. The Labute approximate surface area is 127 Å². The molecule has 1 saturated heterocycles. The van der Waals surface area contributed by atoms with Gasteiger partial charge in [0.2, 0.25) is 5.82 Å². The number of anilines is 1. The Morgan fingerprint density at radius 3 is 2.91 bits per heavy atom. The lowest BCUT2D eigenvalue weighted by Gasteiger charge is -2.36. The molecule has 3 rings (SSSR count). The fraction of sp³-hybridized carbons (Fsp3) is 0.429. The average Bonchev–Trinajstić information content (AvgIpc) is 2.90. The Balaban J connectivity index is 1.68. The second kappa shape index (κ2) is 5.63. The van der Waals surface area contributed by atoms with Crippen molar-refractivity contribution in [3.05, 3.63) is 23.8 Å². The summed E-state index contributed by atoms with van der Waals surface area (Å²) in [6, 6.07) is 5.71. The van der Waals surface area contributed by atoms with E-state index in [1.807, 2.05) is 25.1 Å². The molecule has 1 fully saturated rings. The van der Waals surface area contributed by atoms with E-state index in [2.05, 4.69) is 15.4 Å². The molecule has 1 aliphatic rings. The summed E-state index contributed by atoms with van der Waals surface area (Å²) in [4.78, 5) is 14.7. The van der Waals surface area contributed by atoms with E-state index in [1.165, 1.54) is 0 Å². The molecule has 8 nitrogen and oxygen atoms in total. The van der Waals surface area contributed by atoms with Gasteiger partial charge in [0.25, 0.3) is 0 Å². The third-order valence-electron chi connectivity index (χ3n) is 3.68. The van der Waals surface area contributed by atoms with E-state index >= 15 is 0 Å². The van der Waals surface area contributed by atoms with E-state index in [4.69, 9.17) is 10.5 Å². The van der Waals surface area contributed by atoms with E-state index in [9.17, 15) is 4.79 Å². The van der Waals surface area contributed by atoms with Crippen LogP contribution in [0.5, 0.6) is 0 Å². The highest BCUT2D eigenvalue weighted by Gasteiger charge is 2.34. The van der Waals surface area contributed by atoms with Crippen LogP contribution in [0.25, 0.3) is 11.4 Å². The van der Waals surface area contributed by atoms with Crippen LogP contribution in [-0.2, 0) is 4.74 Å². The van der Waals surface area contributed by atoms with Crippen LogP contribution in [0, 0.1) is 6.92 Å². The SMILES string of the molecule is CCOC(=O)N1CC(n2nnc(-c3ccc(C)c(N)c3)n2)C1. The first-order chi connectivity index (χ1) is 10.6. The lowest BCUT2D eigenvalue weighted by atomic mass is 10.1. The second-order valence-electron chi connectivity index (χ2n) is 5.26. The Morgan fingerprint density at radius 1 is 1.45 bits per heavy atom. The van der Waals surface area contributed by atoms with E-state index in [0.717, 1.165) is 11.1 Å². The molecule has 0 spiro atoms. The number of rotatable bonds is 3. The molecule has 1 aromatic heterocycles. The van der Waals surface area contributed by atoms with Crippen LogP contribution < -0.4 is 5.73 Å². The topological polar surface area (TPSA) is 99.2 Å². The Morgan fingerprint density at radius 2 is 2.23 bits per heavy atom. The van der Waals surface area contributed by atoms with Crippen LogP contribution in [0.4, 0.5) is 10.5 Å². The summed E-state index contributed by atoms with van der Waals surface area (Å²) >= 11 is 0. The summed E-state index contributed by atoms with van der Waals surface area (Å²) in [6.45, 7) is 5.17. The Bertz CT molecular complexity index is 692. The van der Waals surface area contributed by atoms with Gasteiger partial charge in [0, 0.05) is 11.3 Å². The molecule has 0 bridgehead atoms. The molecule has 2 aromatic rings. The predicted molar refractivity (Wildman–Crippen MR) is 80.0 cm³/mol. The van der Waals surface area contributed by atoms with Crippen LogP contribution in [0.3, 0.4) is 0 Å². The second-order valence-corrected chi connectivity index (χ2v) is 5.26. The van der Waals surface area contributed by atoms with Gasteiger partial charge in [-0.25, -0.2) is 4.79 Å². The van der Waals surface area contributed by atoms with Crippen LogP contribution in [0.1, 0.15) is 18.5 Å². The first-order valence-corrected chi connectivity index (χ1v) is 7.16. The van der Waals surface area contributed by atoms with E-state index in [1.54, 1.807) is 16.6 Å². The Kier molecular flexibility index (Phi) is 3.66. The highest BCUT2D eigenvalue weighted by Crippen LogP contribution is 2.23. The van der Waals surface area contributed by atoms with Crippen molar-refractivity contribution in [2.45, 2.75) is 19.9 Å². The highest BCUT2D eigenvalue weighted by atomic mass is 16.6. The number of nitrogens with two attached hydrogens (primary N) is 1. The molecule has 8 heteroatoms. The van der Waals surface area contributed by atoms with Crippen LogP contribution in [0.2, 0.25) is 0 Å². The van der Waals surface area contributed by atoms with Crippen molar-refractivity contribution in [3.8, 4) is 11.4 Å². The highest BCUT2D eigenvalue weighted by molar-refractivity contribution is 5.68. The number of aryl methyl sites for hydroxylation is 1. The van der Waals surface area contributed by atoms with Crippen LogP contribution in [0.15, 0.2) is 18.2 Å². The fourth-order valence-corrected chi connectivity index (χ4v) is 2.24. The molecule has 1 amide bonds. The minimum Gasteiger partial charge on any atom is -0.450 e. The van der Waals surface area contributed by atoms with Crippen molar-refractivity contribution in [1.82, 2.24) is 25.1 Å². The van der Waals surface area contributed by atoms with Crippen molar-refractivity contribution < 1.29 is 9.53 Å². The van der Waals surface area contributed by atoms with Gasteiger partial charge in [0.05, 0.1) is 19.7 Å². The number of nitrogens with zero attached hydrogens (tertiary/aromatic N) is 5. The number of tetrazole rings is 1. The molecule has 0 unspecified atom stereocenters. The number of aromatic nitrogens is 4. The van der Waals surface area contributed by atoms with Gasteiger partial charge >= 0.3 is 6.09 Å². The average molecular weight is 302 g/mol. The lowest BCUT2D eigenvalue weighted by Crippen LogP contribution is -2.51. The zero-order valence-corrected chi connectivity index (χ0v) is 12.6. The maximum atomic E-state index is 11.5. The van der Waals surface area contributed by atoms with Gasteiger partial charge in [0.1, 0.15) is 6.04 Å².